The molecule has 4 heteroatoms. The fraction of sp³-hybridized carbons (Fsp3) is 1.00. The Balaban J connectivity index is 2.05. The van der Waals surface area contributed by atoms with Crippen LogP contribution in [-0.2, 0) is 10.0 Å². The zero-order valence-corrected chi connectivity index (χ0v) is 7.45. The predicted molar refractivity (Wildman–Crippen MR) is 42.7 cm³/mol. The molecule has 0 saturated heterocycles. The van der Waals surface area contributed by atoms with E-state index in [1.165, 1.54) is 19.1 Å². The van der Waals surface area contributed by atoms with Gasteiger partial charge in [0.2, 0.25) is 10.0 Å². The first-order chi connectivity index (χ1) is 5.02. The predicted octanol–water partition coefficient (Wildman–Crippen LogP) is 0.478. The molecule has 0 spiro atoms. The zero-order chi connectivity index (χ0) is 8.11. The van der Waals surface area contributed by atoms with Crippen LogP contribution in [0.2, 0.25) is 0 Å². The van der Waals surface area contributed by atoms with E-state index < -0.39 is 10.0 Å². The van der Waals surface area contributed by atoms with Crippen molar-refractivity contribution in [2.45, 2.75) is 31.2 Å². The minimum atomic E-state index is -2.97. The van der Waals surface area contributed by atoms with Gasteiger partial charge >= 0.3 is 0 Å². The molecular weight excluding hydrogens is 162 g/mol. The Hall–Kier alpha value is -0.0900. The largest absolute Gasteiger partial charge is 0.213 e. The summed E-state index contributed by atoms with van der Waals surface area (Å²) in [5.74, 6) is 0.650. The molecule has 0 heterocycles. The van der Waals surface area contributed by atoms with Crippen molar-refractivity contribution in [1.29, 1.82) is 0 Å². The van der Waals surface area contributed by atoms with E-state index in [2.05, 4.69) is 4.72 Å². The van der Waals surface area contributed by atoms with Crippen molar-refractivity contribution >= 4 is 10.0 Å². The molecule has 2 fully saturated rings. The van der Waals surface area contributed by atoms with E-state index in [4.69, 9.17) is 0 Å². The monoisotopic (exact) mass is 175 g/mol. The summed E-state index contributed by atoms with van der Waals surface area (Å²) in [5, 5.41) is 0. The summed E-state index contributed by atoms with van der Waals surface area (Å²) in [5.41, 5.74) is 0.00752. The molecule has 0 aromatic carbocycles. The third kappa shape index (κ3) is 1.56. The van der Waals surface area contributed by atoms with Gasteiger partial charge in [-0.15, -0.1) is 0 Å². The SMILES string of the molecule is CS(=O)(=O)NC1(C2CC2)CC1. The van der Waals surface area contributed by atoms with Crippen molar-refractivity contribution in [3.05, 3.63) is 0 Å². The van der Waals surface area contributed by atoms with Gasteiger partial charge in [-0.1, -0.05) is 0 Å². The topological polar surface area (TPSA) is 46.2 Å². The number of hydrogen-bond donors (Lipinski definition) is 1. The maximum Gasteiger partial charge on any atom is 0.209 e. The Labute approximate surface area is 67.2 Å². The molecule has 2 rings (SSSR count). The molecule has 0 atom stereocenters. The summed E-state index contributed by atoms with van der Waals surface area (Å²) < 4.78 is 24.6. The lowest BCUT2D eigenvalue weighted by molar-refractivity contribution is 0.506. The molecule has 2 aliphatic rings. The van der Waals surface area contributed by atoms with E-state index in [1.54, 1.807) is 0 Å². The van der Waals surface area contributed by atoms with Crippen LogP contribution in [0.5, 0.6) is 0 Å². The number of sulfonamides is 1. The second kappa shape index (κ2) is 1.98. The lowest BCUT2D eigenvalue weighted by Gasteiger charge is -2.13. The van der Waals surface area contributed by atoms with Gasteiger partial charge in [-0.25, -0.2) is 13.1 Å². The second-order valence-corrected chi connectivity index (χ2v) is 5.55. The molecule has 0 aromatic rings. The number of nitrogens with one attached hydrogen (secondary N) is 1. The molecule has 3 nitrogen and oxygen atoms in total. The maximum atomic E-state index is 10.9. The highest BCUT2D eigenvalue weighted by Crippen LogP contribution is 2.53. The van der Waals surface area contributed by atoms with Crippen molar-refractivity contribution in [2.24, 2.45) is 5.92 Å². The van der Waals surface area contributed by atoms with Crippen LogP contribution in [0.25, 0.3) is 0 Å². The van der Waals surface area contributed by atoms with Crippen LogP contribution in [0.1, 0.15) is 25.7 Å². The average molecular weight is 175 g/mol. The fourth-order valence-corrected chi connectivity index (χ4v) is 2.84. The van der Waals surface area contributed by atoms with Gasteiger partial charge in [0.25, 0.3) is 0 Å². The summed E-state index contributed by atoms with van der Waals surface area (Å²) in [6.07, 6.45) is 5.76. The normalized spacial score (nSPS) is 28.5. The molecule has 11 heavy (non-hydrogen) atoms. The van der Waals surface area contributed by atoms with Gasteiger partial charge in [0.15, 0.2) is 0 Å². The van der Waals surface area contributed by atoms with Crippen molar-refractivity contribution < 1.29 is 8.42 Å². The van der Waals surface area contributed by atoms with Crippen molar-refractivity contribution in [2.75, 3.05) is 6.26 Å². The van der Waals surface area contributed by atoms with Gasteiger partial charge in [0.05, 0.1) is 6.26 Å². The maximum absolute atomic E-state index is 10.9. The van der Waals surface area contributed by atoms with Crippen molar-refractivity contribution in [3.63, 3.8) is 0 Å². The van der Waals surface area contributed by atoms with Gasteiger partial charge in [-0.3, -0.25) is 0 Å². The lowest BCUT2D eigenvalue weighted by Crippen LogP contribution is -2.37. The third-order valence-corrected chi connectivity index (χ3v) is 3.31. The van der Waals surface area contributed by atoms with Crippen LogP contribution in [0.15, 0.2) is 0 Å². The standard InChI is InChI=1S/C7H13NO2S/c1-11(9,10)8-7(4-5-7)6-2-3-6/h6,8H,2-5H2,1H3. The molecule has 2 aliphatic carbocycles. The molecule has 2 saturated carbocycles. The fourth-order valence-electron chi connectivity index (χ4n) is 1.73. The molecular formula is C7H13NO2S. The smallest absolute Gasteiger partial charge is 0.209 e. The second-order valence-electron chi connectivity index (χ2n) is 3.80. The van der Waals surface area contributed by atoms with E-state index in [1.807, 2.05) is 0 Å². The van der Waals surface area contributed by atoms with Crippen molar-refractivity contribution in [1.82, 2.24) is 4.72 Å². The zero-order valence-electron chi connectivity index (χ0n) is 6.63. The Morgan fingerprint density at radius 1 is 1.36 bits per heavy atom. The average Bonchev–Trinajstić information content (AvgIpc) is 2.49. The quantitative estimate of drug-likeness (QED) is 0.678. The summed E-state index contributed by atoms with van der Waals surface area (Å²) in [4.78, 5) is 0. The molecule has 0 radical (unpaired) electrons. The van der Waals surface area contributed by atoms with E-state index in [9.17, 15) is 8.42 Å². The van der Waals surface area contributed by atoms with Gasteiger partial charge in [-0.2, -0.15) is 0 Å². The molecule has 0 aliphatic heterocycles. The molecule has 0 unspecified atom stereocenters. The Kier molecular flexibility index (Phi) is 1.36. The summed E-state index contributed by atoms with van der Waals surface area (Å²) >= 11 is 0. The first-order valence-electron chi connectivity index (χ1n) is 4.01. The lowest BCUT2D eigenvalue weighted by atomic mass is 10.2. The highest BCUT2D eigenvalue weighted by Gasteiger charge is 2.55. The Morgan fingerprint density at radius 2 is 1.91 bits per heavy atom. The van der Waals surface area contributed by atoms with Crippen LogP contribution in [0.4, 0.5) is 0 Å². The number of hydrogen-bond acceptors (Lipinski definition) is 2. The molecule has 64 valence electrons. The minimum Gasteiger partial charge on any atom is -0.213 e. The first kappa shape index (κ1) is 7.55. The molecule has 1 N–H and O–H groups in total. The molecule has 0 amide bonds. The van der Waals surface area contributed by atoms with Gasteiger partial charge in [0.1, 0.15) is 0 Å². The highest BCUT2D eigenvalue weighted by atomic mass is 32.2. The van der Waals surface area contributed by atoms with Crippen LogP contribution in [0.3, 0.4) is 0 Å². The third-order valence-electron chi connectivity index (χ3n) is 2.54. The summed E-state index contributed by atoms with van der Waals surface area (Å²) in [6.45, 7) is 0. The first-order valence-corrected chi connectivity index (χ1v) is 5.90. The van der Waals surface area contributed by atoms with Crippen LogP contribution < -0.4 is 4.72 Å². The van der Waals surface area contributed by atoms with Crippen LogP contribution in [-0.4, -0.2) is 20.2 Å². The van der Waals surface area contributed by atoms with E-state index in [0.29, 0.717) is 5.92 Å². The molecule has 0 bridgehead atoms. The highest BCUT2D eigenvalue weighted by molar-refractivity contribution is 7.88. The van der Waals surface area contributed by atoms with Crippen LogP contribution >= 0.6 is 0 Å². The summed E-state index contributed by atoms with van der Waals surface area (Å²) in [6, 6.07) is 0. The van der Waals surface area contributed by atoms with E-state index >= 15 is 0 Å². The minimum absolute atomic E-state index is 0.00752. The number of rotatable bonds is 3. The van der Waals surface area contributed by atoms with E-state index in [0.717, 1.165) is 12.8 Å². The van der Waals surface area contributed by atoms with Crippen LogP contribution in [0, 0.1) is 5.92 Å². The van der Waals surface area contributed by atoms with Gasteiger partial charge in [0, 0.05) is 5.54 Å². The summed E-state index contributed by atoms with van der Waals surface area (Å²) in [7, 11) is -2.97. The Bertz CT molecular complexity index is 262. The molecule has 0 aromatic heterocycles. The van der Waals surface area contributed by atoms with Crippen molar-refractivity contribution in [3.8, 4) is 0 Å². The van der Waals surface area contributed by atoms with E-state index in [-0.39, 0.29) is 5.54 Å². The Morgan fingerprint density at radius 3 is 2.18 bits per heavy atom. The van der Waals surface area contributed by atoms with Gasteiger partial charge < -0.3 is 0 Å². The van der Waals surface area contributed by atoms with Gasteiger partial charge in [-0.05, 0) is 31.6 Å².